The number of carbonyl (C=O) groups is 1. The minimum absolute atomic E-state index is 0.0503. The standard InChI is InChI=1S/C21H29F3N6O2/c1-12(2)26-17-16-13(9-15(28-17)21(22,23)24)10-25-18(29-16)27-14-7-6-8-30(11-14)19(31)32-20(3,4)5/h9-10,12,14H,6-8,11H2,1-5H3,(H,26,28)(H,25,27,29)/t14-/m0/s1. The Morgan fingerprint density at radius 3 is 2.59 bits per heavy atom. The molecule has 0 saturated carbocycles. The molecule has 1 amide bonds. The van der Waals surface area contributed by atoms with Crippen molar-refractivity contribution in [1.29, 1.82) is 0 Å². The maximum Gasteiger partial charge on any atom is 0.433 e. The first-order valence-corrected chi connectivity index (χ1v) is 10.6. The Morgan fingerprint density at radius 2 is 1.97 bits per heavy atom. The summed E-state index contributed by atoms with van der Waals surface area (Å²) in [6.45, 7) is 10.1. The summed E-state index contributed by atoms with van der Waals surface area (Å²) in [7, 11) is 0. The smallest absolute Gasteiger partial charge is 0.433 e. The number of piperidine rings is 1. The molecule has 0 aliphatic carbocycles. The molecular formula is C21H29F3N6O2. The maximum absolute atomic E-state index is 13.2. The summed E-state index contributed by atoms with van der Waals surface area (Å²) >= 11 is 0. The number of anilines is 2. The molecule has 2 aromatic rings. The minimum Gasteiger partial charge on any atom is -0.444 e. The summed E-state index contributed by atoms with van der Waals surface area (Å²) in [6.07, 6.45) is -2.03. The topological polar surface area (TPSA) is 92.3 Å². The van der Waals surface area contributed by atoms with Gasteiger partial charge in [0, 0.05) is 36.8 Å². The van der Waals surface area contributed by atoms with Crippen LogP contribution in [0, 0.1) is 0 Å². The Hall–Kier alpha value is -2.85. The van der Waals surface area contributed by atoms with Crippen molar-refractivity contribution in [1.82, 2.24) is 19.9 Å². The zero-order valence-corrected chi connectivity index (χ0v) is 18.9. The molecule has 8 nitrogen and oxygen atoms in total. The second kappa shape index (κ2) is 8.95. The first-order valence-electron chi connectivity index (χ1n) is 10.6. The van der Waals surface area contributed by atoms with Crippen LogP contribution < -0.4 is 10.6 Å². The molecule has 3 heterocycles. The number of ether oxygens (including phenoxy) is 1. The van der Waals surface area contributed by atoms with Crippen molar-refractivity contribution in [3.8, 4) is 0 Å². The summed E-state index contributed by atoms with van der Waals surface area (Å²) in [5, 5.41) is 6.37. The van der Waals surface area contributed by atoms with E-state index < -0.39 is 17.5 Å². The Balaban J connectivity index is 1.82. The number of alkyl halides is 3. The van der Waals surface area contributed by atoms with Gasteiger partial charge in [-0.1, -0.05) is 0 Å². The highest BCUT2D eigenvalue weighted by atomic mass is 19.4. The molecule has 1 aliphatic heterocycles. The van der Waals surface area contributed by atoms with Gasteiger partial charge < -0.3 is 20.3 Å². The Morgan fingerprint density at radius 1 is 1.25 bits per heavy atom. The van der Waals surface area contributed by atoms with Crippen LogP contribution >= 0.6 is 0 Å². The van der Waals surface area contributed by atoms with E-state index in [0.717, 1.165) is 18.9 Å². The number of pyridine rings is 1. The highest BCUT2D eigenvalue weighted by Gasteiger charge is 2.34. The molecule has 1 atom stereocenters. The number of amides is 1. The van der Waals surface area contributed by atoms with Crippen LogP contribution in [0.2, 0.25) is 0 Å². The van der Waals surface area contributed by atoms with Crippen LogP contribution in [0.3, 0.4) is 0 Å². The van der Waals surface area contributed by atoms with Crippen LogP contribution in [0.15, 0.2) is 12.3 Å². The number of hydrogen-bond donors (Lipinski definition) is 2. The van der Waals surface area contributed by atoms with Gasteiger partial charge in [0.15, 0.2) is 5.82 Å². The van der Waals surface area contributed by atoms with E-state index in [1.165, 1.54) is 6.20 Å². The highest BCUT2D eigenvalue weighted by molar-refractivity contribution is 5.89. The number of rotatable bonds is 4. The molecule has 2 N–H and O–H groups in total. The van der Waals surface area contributed by atoms with Crippen molar-refractivity contribution >= 4 is 28.8 Å². The summed E-state index contributed by atoms with van der Waals surface area (Å²) in [4.78, 5) is 26.4. The molecule has 32 heavy (non-hydrogen) atoms. The summed E-state index contributed by atoms with van der Waals surface area (Å²) in [5.74, 6) is 0.316. The van der Waals surface area contributed by atoms with Crippen LogP contribution in [0.5, 0.6) is 0 Å². The molecule has 0 spiro atoms. The molecule has 0 unspecified atom stereocenters. The molecular weight excluding hydrogens is 425 g/mol. The van der Waals surface area contributed by atoms with Gasteiger partial charge in [0.1, 0.15) is 16.8 Å². The lowest BCUT2D eigenvalue weighted by Crippen LogP contribution is -2.47. The summed E-state index contributed by atoms with van der Waals surface area (Å²) < 4.78 is 45.2. The second-order valence-corrected chi connectivity index (χ2v) is 9.19. The number of halogens is 3. The second-order valence-electron chi connectivity index (χ2n) is 9.19. The molecule has 1 aliphatic rings. The van der Waals surface area contributed by atoms with Crippen molar-refractivity contribution < 1.29 is 22.7 Å². The van der Waals surface area contributed by atoms with Gasteiger partial charge in [-0.3, -0.25) is 0 Å². The highest BCUT2D eigenvalue weighted by Crippen LogP contribution is 2.32. The van der Waals surface area contributed by atoms with E-state index in [1.807, 2.05) is 20.8 Å². The van der Waals surface area contributed by atoms with Crippen LogP contribution in [0.25, 0.3) is 10.9 Å². The normalized spacial score (nSPS) is 17.5. The van der Waals surface area contributed by atoms with Gasteiger partial charge in [-0.2, -0.15) is 13.2 Å². The fraction of sp³-hybridized carbons (Fsp3) is 0.619. The van der Waals surface area contributed by atoms with Crippen LogP contribution in [0.1, 0.15) is 53.2 Å². The van der Waals surface area contributed by atoms with Crippen molar-refractivity contribution in [3.63, 3.8) is 0 Å². The van der Waals surface area contributed by atoms with Crippen molar-refractivity contribution in [2.75, 3.05) is 23.7 Å². The molecule has 11 heteroatoms. The van der Waals surface area contributed by atoms with Gasteiger partial charge in [-0.15, -0.1) is 0 Å². The first-order chi connectivity index (χ1) is 14.8. The third kappa shape index (κ3) is 6.10. The molecule has 0 bridgehead atoms. The number of carbonyl (C=O) groups excluding carboxylic acids is 1. The Kier molecular flexibility index (Phi) is 6.66. The predicted molar refractivity (Wildman–Crippen MR) is 116 cm³/mol. The van der Waals surface area contributed by atoms with E-state index in [2.05, 4.69) is 25.6 Å². The summed E-state index contributed by atoms with van der Waals surface area (Å²) in [5.41, 5.74) is -1.29. The molecule has 0 aromatic carbocycles. The van der Waals surface area contributed by atoms with E-state index in [4.69, 9.17) is 4.74 Å². The number of nitrogens with one attached hydrogen (secondary N) is 2. The lowest BCUT2D eigenvalue weighted by molar-refractivity contribution is -0.141. The van der Waals surface area contributed by atoms with Crippen molar-refractivity contribution in [3.05, 3.63) is 18.0 Å². The van der Waals surface area contributed by atoms with Crippen LogP contribution in [-0.2, 0) is 10.9 Å². The van der Waals surface area contributed by atoms with E-state index in [1.54, 1.807) is 18.7 Å². The van der Waals surface area contributed by atoms with Crippen molar-refractivity contribution in [2.24, 2.45) is 0 Å². The monoisotopic (exact) mass is 454 g/mol. The predicted octanol–water partition coefficient (Wildman–Crippen LogP) is 4.68. The average molecular weight is 454 g/mol. The van der Waals surface area contributed by atoms with Gasteiger partial charge in [-0.05, 0) is 53.5 Å². The van der Waals surface area contributed by atoms with Crippen LogP contribution in [0.4, 0.5) is 29.7 Å². The third-order valence-corrected chi connectivity index (χ3v) is 4.69. The molecule has 1 fully saturated rings. The van der Waals surface area contributed by atoms with Crippen LogP contribution in [-0.4, -0.2) is 56.7 Å². The quantitative estimate of drug-likeness (QED) is 0.693. The van der Waals surface area contributed by atoms with Gasteiger partial charge in [0.05, 0.1) is 0 Å². The van der Waals surface area contributed by atoms with Gasteiger partial charge >= 0.3 is 12.3 Å². The summed E-state index contributed by atoms with van der Waals surface area (Å²) in [6, 6.07) is 0.689. The van der Waals surface area contributed by atoms with E-state index in [9.17, 15) is 18.0 Å². The van der Waals surface area contributed by atoms with E-state index >= 15 is 0 Å². The maximum atomic E-state index is 13.2. The SMILES string of the molecule is CC(C)Nc1nc(C(F)(F)F)cc2cnc(N[C@H]3CCCN(C(=O)OC(C)(C)C)C3)nc12. The fourth-order valence-electron chi connectivity index (χ4n) is 3.40. The largest absolute Gasteiger partial charge is 0.444 e. The lowest BCUT2D eigenvalue weighted by atomic mass is 10.1. The minimum atomic E-state index is -4.58. The number of nitrogens with zero attached hydrogens (tertiary/aromatic N) is 4. The van der Waals surface area contributed by atoms with Crippen molar-refractivity contribution in [2.45, 2.75) is 71.3 Å². The number of fused-ring (bicyclic) bond motifs is 1. The first kappa shape index (κ1) is 23.8. The Bertz CT molecular complexity index is 974. The lowest BCUT2D eigenvalue weighted by Gasteiger charge is -2.34. The third-order valence-electron chi connectivity index (χ3n) is 4.69. The van der Waals surface area contributed by atoms with E-state index in [-0.39, 0.29) is 35.3 Å². The van der Waals surface area contributed by atoms with E-state index in [0.29, 0.717) is 18.6 Å². The fourth-order valence-corrected chi connectivity index (χ4v) is 3.40. The molecule has 2 aromatic heterocycles. The Labute approximate surface area is 185 Å². The molecule has 0 radical (unpaired) electrons. The molecule has 1 saturated heterocycles. The van der Waals surface area contributed by atoms with Gasteiger partial charge in [0.25, 0.3) is 0 Å². The van der Waals surface area contributed by atoms with Gasteiger partial charge in [0.2, 0.25) is 5.95 Å². The average Bonchev–Trinajstić information content (AvgIpc) is 2.66. The molecule has 176 valence electrons. The van der Waals surface area contributed by atoms with Gasteiger partial charge in [-0.25, -0.2) is 19.7 Å². The number of likely N-dealkylation sites (tertiary alicyclic amines) is 1. The molecule has 3 rings (SSSR count). The zero-order valence-electron chi connectivity index (χ0n) is 18.9. The number of hydrogen-bond acceptors (Lipinski definition) is 7. The number of aromatic nitrogens is 3. The zero-order chi connectivity index (χ0) is 23.7.